The Kier molecular flexibility index (Phi) is 5.77. The number of carbonyl (C=O) groups excluding carboxylic acids is 1. The van der Waals surface area contributed by atoms with Crippen LogP contribution in [-0.4, -0.2) is 80.5 Å². The number of urea groups is 1. The van der Waals surface area contributed by atoms with E-state index in [2.05, 4.69) is 17.1 Å². The monoisotopic (exact) mass is 325 g/mol. The number of piperidine rings is 1. The summed E-state index contributed by atoms with van der Waals surface area (Å²) in [4.78, 5) is 16.7. The molecule has 0 saturated carbocycles. The Hall–Kier alpha value is -0.850. The van der Waals surface area contributed by atoms with Crippen LogP contribution in [0, 0.1) is 5.92 Å². The zero-order valence-corrected chi connectivity index (χ0v) is 14.5. The highest BCUT2D eigenvalue weighted by Gasteiger charge is 2.42. The molecule has 6 nitrogen and oxygen atoms in total. The van der Waals surface area contributed by atoms with Crippen molar-refractivity contribution in [3.63, 3.8) is 0 Å². The zero-order chi connectivity index (χ0) is 16.2. The summed E-state index contributed by atoms with van der Waals surface area (Å²) in [5, 5.41) is 3.17. The lowest BCUT2D eigenvalue weighted by Crippen LogP contribution is -2.52. The third-order valence-corrected chi connectivity index (χ3v) is 5.61. The minimum absolute atomic E-state index is 0.0796. The van der Waals surface area contributed by atoms with Gasteiger partial charge < -0.3 is 24.6 Å². The van der Waals surface area contributed by atoms with E-state index in [4.69, 9.17) is 9.47 Å². The number of nitrogens with zero attached hydrogens (tertiary/aromatic N) is 2. The molecule has 2 amide bonds. The second kappa shape index (κ2) is 7.81. The fourth-order valence-electron chi connectivity index (χ4n) is 4.31. The van der Waals surface area contributed by atoms with Crippen molar-refractivity contribution >= 4 is 6.03 Å². The van der Waals surface area contributed by atoms with Crippen molar-refractivity contribution in [2.75, 3.05) is 46.5 Å². The Bertz CT molecular complexity index is 407. The van der Waals surface area contributed by atoms with Crippen LogP contribution in [0.5, 0.6) is 0 Å². The summed E-state index contributed by atoms with van der Waals surface area (Å²) in [6.07, 6.45) is 4.99. The average molecular weight is 325 g/mol. The zero-order valence-electron chi connectivity index (χ0n) is 14.5. The van der Waals surface area contributed by atoms with Gasteiger partial charge in [0.1, 0.15) is 0 Å². The Morgan fingerprint density at radius 3 is 3.04 bits per heavy atom. The number of methoxy groups -OCH3 is 1. The maximum Gasteiger partial charge on any atom is 0.318 e. The van der Waals surface area contributed by atoms with Gasteiger partial charge in [-0.3, -0.25) is 0 Å². The molecule has 3 heterocycles. The molecule has 0 aliphatic carbocycles. The molecule has 0 bridgehead atoms. The van der Waals surface area contributed by atoms with E-state index < -0.39 is 0 Å². The fourth-order valence-corrected chi connectivity index (χ4v) is 4.31. The van der Waals surface area contributed by atoms with E-state index in [0.717, 1.165) is 45.0 Å². The molecule has 4 atom stereocenters. The molecule has 1 N–H and O–H groups in total. The number of rotatable bonds is 6. The van der Waals surface area contributed by atoms with Gasteiger partial charge in [-0.15, -0.1) is 0 Å². The first-order valence-corrected chi connectivity index (χ1v) is 9.11. The predicted octanol–water partition coefficient (Wildman–Crippen LogP) is 1.31. The molecule has 23 heavy (non-hydrogen) atoms. The Morgan fingerprint density at radius 2 is 2.26 bits per heavy atom. The van der Waals surface area contributed by atoms with Gasteiger partial charge in [-0.25, -0.2) is 4.79 Å². The molecule has 3 rings (SSSR count). The lowest BCUT2D eigenvalue weighted by atomic mass is 9.92. The summed E-state index contributed by atoms with van der Waals surface area (Å²) >= 11 is 0. The molecular formula is C17H31N3O3. The molecule has 3 saturated heterocycles. The highest BCUT2D eigenvalue weighted by Crippen LogP contribution is 2.27. The molecule has 2 unspecified atom stereocenters. The lowest BCUT2D eigenvalue weighted by Gasteiger charge is -2.39. The van der Waals surface area contributed by atoms with Gasteiger partial charge >= 0.3 is 6.03 Å². The van der Waals surface area contributed by atoms with Crippen molar-refractivity contribution in [3.8, 4) is 0 Å². The van der Waals surface area contributed by atoms with Crippen molar-refractivity contribution in [3.05, 3.63) is 0 Å². The van der Waals surface area contributed by atoms with Crippen LogP contribution < -0.4 is 5.32 Å². The molecule has 0 aromatic carbocycles. The van der Waals surface area contributed by atoms with Crippen LogP contribution >= 0.6 is 0 Å². The molecular weight excluding hydrogens is 294 g/mol. The number of hydrogen-bond acceptors (Lipinski definition) is 4. The van der Waals surface area contributed by atoms with Gasteiger partial charge in [0.15, 0.2) is 0 Å². The predicted molar refractivity (Wildman–Crippen MR) is 88.5 cm³/mol. The number of amides is 2. The van der Waals surface area contributed by atoms with E-state index >= 15 is 0 Å². The number of ether oxygens (including phenoxy) is 2. The number of nitrogens with one attached hydrogen (secondary N) is 1. The second-order valence-corrected chi connectivity index (χ2v) is 7.15. The largest absolute Gasteiger partial charge is 0.383 e. The van der Waals surface area contributed by atoms with Crippen molar-refractivity contribution < 1.29 is 14.3 Å². The van der Waals surface area contributed by atoms with Gasteiger partial charge in [0.2, 0.25) is 0 Å². The van der Waals surface area contributed by atoms with Crippen LogP contribution in [0.1, 0.15) is 32.6 Å². The van der Waals surface area contributed by atoms with Gasteiger partial charge in [0.25, 0.3) is 0 Å². The van der Waals surface area contributed by atoms with Crippen LogP contribution in [0.15, 0.2) is 0 Å². The highest BCUT2D eigenvalue weighted by molar-refractivity contribution is 5.77. The topological polar surface area (TPSA) is 54.0 Å². The van der Waals surface area contributed by atoms with Crippen LogP contribution in [0.25, 0.3) is 0 Å². The quantitative estimate of drug-likeness (QED) is 0.800. The normalized spacial score (nSPS) is 35.2. The number of hydrogen-bond donors (Lipinski definition) is 1. The van der Waals surface area contributed by atoms with Gasteiger partial charge in [0.05, 0.1) is 24.8 Å². The first-order chi connectivity index (χ1) is 11.2. The summed E-state index contributed by atoms with van der Waals surface area (Å²) in [7, 11) is 1.69. The Morgan fingerprint density at radius 1 is 1.39 bits per heavy atom. The van der Waals surface area contributed by atoms with Gasteiger partial charge in [0, 0.05) is 39.9 Å². The van der Waals surface area contributed by atoms with Crippen molar-refractivity contribution in [2.45, 2.75) is 50.8 Å². The second-order valence-electron chi connectivity index (χ2n) is 7.15. The first kappa shape index (κ1) is 17.0. The van der Waals surface area contributed by atoms with E-state index in [-0.39, 0.29) is 12.1 Å². The molecule has 3 aliphatic heterocycles. The third kappa shape index (κ3) is 3.98. The van der Waals surface area contributed by atoms with Crippen LogP contribution in [0.4, 0.5) is 4.79 Å². The molecule has 0 spiro atoms. The third-order valence-electron chi connectivity index (χ3n) is 5.61. The Labute approximate surface area is 139 Å². The summed E-state index contributed by atoms with van der Waals surface area (Å²) in [5.74, 6) is 0.743. The van der Waals surface area contributed by atoms with E-state index in [9.17, 15) is 4.79 Å². The van der Waals surface area contributed by atoms with E-state index in [1.165, 1.54) is 12.8 Å². The maximum absolute atomic E-state index is 12.1. The van der Waals surface area contributed by atoms with Crippen molar-refractivity contribution in [2.24, 2.45) is 5.92 Å². The summed E-state index contributed by atoms with van der Waals surface area (Å²) in [6, 6.07) is 0.693. The minimum atomic E-state index is 0.0796. The van der Waals surface area contributed by atoms with Gasteiger partial charge in [-0.1, -0.05) is 6.92 Å². The number of carbonyl (C=O) groups is 1. The Balaban J connectivity index is 1.50. The smallest absolute Gasteiger partial charge is 0.318 e. The SMILES string of the molecule is CCC1CC(CN2CC[C@H]3[C@@H](C2)NC(=O)N3CCOC)CCO1. The molecule has 132 valence electrons. The minimum Gasteiger partial charge on any atom is -0.383 e. The molecule has 3 fully saturated rings. The van der Waals surface area contributed by atoms with Crippen molar-refractivity contribution in [1.82, 2.24) is 15.1 Å². The van der Waals surface area contributed by atoms with Crippen LogP contribution in [0.3, 0.4) is 0 Å². The van der Waals surface area contributed by atoms with Crippen LogP contribution in [0.2, 0.25) is 0 Å². The van der Waals surface area contributed by atoms with Crippen molar-refractivity contribution in [1.29, 1.82) is 0 Å². The van der Waals surface area contributed by atoms with E-state index in [1.807, 2.05) is 4.90 Å². The summed E-state index contributed by atoms with van der Waals surface area (Å²) in [6.45, 7) is 7.65. The summed E-state index contributed by atoms with van der Waals surface area (Å²) < 4.78 is 10.9. The molecule has 6 heteroatoms. The lowest BCUT2D eigenvalue weighted by molar-refractivity contribution is -0.0205. The maximum atomic E-state index is 12.1. The van der Waals surface area contributed by atoms with Gasteiger partial charge in [-0.05, 0) is 31.6 Å². The summed E-state index contributed by atoms with van der Waals surface area (Å²) in [5.41, 5.74) is 0. The van der Waals surface area contributed by atoms with Crippen LogP contribution in [-0.2, 0) is 9.47 Å². The number of likely N-dealkylation sites (tertiary alicyclic amines) is 1. The fraction of sp³-hybridized carbons (Fsp3) is 0.941. The highest BCUT2D eigenvalue weighted by atomic mass is 16.5. The molecule has 0 aromatic heterocycles. The van der Waals surface area contributed by atoms with E-state index in [0.29, 0.717) is 25.3 Å². The van der Waals surface area contributed by atoms with E-state index in [1.54, 1.807) is 7.11 Å². The molecule has 0 radical (unpaired) electrons. The standard InChI is InChI=1S/C17H31N3O3/c1-3-14-10-13(5-8-23-14)11-19-6-4-16-15(12-19)18-17(21)20(16)7-9-22-2/h13-16H,3-12H2,1-2H3,(H,18,21)/t13?,14?,15-,16+/m1/s1. The molecule has 3 aliphatic rings. The molecule has 0 aromatic rings. The first-order valence-electron chi connectivity index (χ1n) is 9.11. The average Bonchev–Trinajstić information content (AvgIpc) is 2.87. The van der Waals surface area contributed by atoms with Gasteiger partial charge in [-0.2, -0.15) is 0 Å². The number of fused-ring (bicyclic) bond motifs is 1.